The third-order valence-electron chi connectivity index (χ3n) is 3.34. The fourth-order valence-electron chi connectivity index (χ4n) is 2.26. The summed E-state index contributed by atoms with van der Waals surface area (Å²) < 4.78 is 1.59. The number of thiazole rings is 1. The van der Waals surface area contributed by atoms with Crippen LogP contribution >= 0.6 is 22.7 Å². The van der Waals surface area contributed by atoms with E-state index in [1.165, 1.54) is 28.0 Å². The number of hydrogen-bond donors (Lipinski definition) is 0. The van der Waals surface area contributed by atoms with Crippen molar-refractivity contribution in [2.75, 3.05) is 0 Å². The largest absolute Gasteiger partial charge is 0.291 e. The molecule has 0 saturated heterocycles. The topological polar surface area (TPSA) is 90.4 Å². The van der Waals surface area contributed by atoms with Gasteiger partial charge in [-0.05, 0) is 23.6 Å². The van der Waals surface area contributed by atoms with Crippen LogP contribution in [0.15, 0.2) is 46.6 Å². The molecule has 3 heterocycles. The smallest absolute Gasteiger partial charge is 0.266 e. The van der Waals surface area contributed by atoms with Gasteiger partial charge in [0.2, 0.25) is 4.96 Å². The molecule has 0 aliphatic rings. The highest BCUT2D eigenvalue weighted by atomic mass is 32.1. The van der Waals surface area contributed by atoms with Crippen molar-refractivity contribution in [2.45, 2.75) is 0 Å². The number of rotatable bonds is 3. The van der Waals surface area contributed by atoms with E-state index in [1.54, 1.807) is 18.2 Å². The van der Waals surface area contributed by atoms with Gasteiger partial charge in [-0.15, -0.1) is 16.4 Å². The average molecular weight is 356 g/mol. The zero-order valence-electron chi connectivity index (χ0n) is 11.9. The number of para-hydroxylation sites is 1. The van der Waals surface area contributed by atoms with E-state index in [9.17, 15) is 14.9 Å². The van der Waals surface area contributed by atoms with Gasteiger partial charge in [0.15, 0.2) is 5.82 Å². The summed E-state index contributed by atoms with van der Waals surface area (Å²) in [7, 11) is 0. The molecule has 24 heavy (non-hydrogen) atoms. The molecule has 0 fully saturated rings. The standard InChI is InChI=1S/C15H8N4O3S2/c20-14-12(8-9-4-1-2-5-10(9)19(21)22)24-15-16-13(17-18(14)15)11-6-3-7-23-11/h1-8H. The number of fused-ring (bicyclic) bond motifs is 1. The zero-order valence-corrected chi connectivity index (χ0v) is 13.6. The van der Waals surface area contributed by atoms with Gasteiger partial charge in [-0.25, -0.2) is 0 Å². The van der Waals surface area contributed by atoms with Gasteiger partial charge >= 0.3 is 0 Å². The van der Waals surface area contributed by atoms with Crippen molar-refractivity contribution in [3.8, 4) is 10.7 Å². The Morgan fingerprint density at radius 3 is 2.75 bits per heavy atom. The molecule has 0 aliphatic heterocycles. The summed E-state index contributed by atoms with van der Waals surface area (Å²) in [6, 6.07) is 10.1. The van der Waals surface area contributed by atoms with Crippen molar-refractivity contribution >= 4 is 39.4 Å². The molecule has 4 aromatic rings. The van der Waals surface area contributed by atoms with Crippen LogP contribution in [-0.4, -0.2) is 19.5 Å². The van der Waals surface area contributed by atoms with Crippen molar-refractivity contribution in [3.63, 3.8) is 0 Å². The Bertz CT molecular complexity index is 1160. The fraction of sp³-hybridized carbons (Fsp3) is 0. The van der Waals surface area contributed by atoms with E-state index < -0.39 is 4.92 Å². The lowest BCUT2D eigenvalue weighted by molar-refractivity contribution is -0.385. The Balaban J connectivity index is 1.87. The first-order valence-electron chi connectivity index (χ1n) is 6.82. The van der Waals surface area contributed by atoms with Gasteiger partial charge in [-0.1, -0.05) is 29.5 Å². The third-order valence-corrected chi connectivity index (χ3v) is 5.17. The van der Waals surface area contributed by atoms with Crippen LogP contribution in [0.3, 0.4) is 0 Å². The normalized spacial score (nSPS) is 12.1. The molecule has 0 unspecified atom stereocenters. The molecule has 0 radical (unpaired) electrons. The summed E-state index contributed by atoms with van der Waals surface area (Å²) in [5.41, 5.74) is 0.00112. The first-order valence-corrected chi connectivity index (χ1v) is 8.52. The predicted octanol–water partition coefficient (Wildman–Crippen LogP) is 2.34. The molecule has 9 heteroatoms. The van der Waals surface area contributed by atoms with Crippen LogP contribution in [0.4, 0.5) is 5.69 Å². The Kier molecular flexibility index (Phi) is 3.44. The van der Waals surface area contributed by atoms with E-state index in [0.717, 1.165) is 16.2 Å². The highest BCUT2D eigenvalue weighted by molar-refractivity contribution is 7.15. The zero-order chi connectivity index (χ0) is 16.7. The van der Waals surface area contributed by atoms with Crippen molar-refractivity contribution in [1.82, 2.24) is 14.6 Å². The van der Waals surface area contributed by atoms with Gasteiger partial charge in [-0.3, -0.25) is 14.9 Å². The van der Waals surface area contributed by atoms with Gasteiger partial charge in [0.25, 0.3) is 11.2 Å². The maximum absolute atomic E-state index is 12.5. The summed E-state index contributed by atoms with van der Waals surface area (Å²) in [5.74, 6) is 0.505. The average Bonchev–Trinajstić information content (AvgIpc) is 3.27. The first kappa shape index (κ1) is 14.7. The number of nitro groups is 1. The van der Waals surface area contributed by atoms with Crippen molar-refractivity contribution in [3.05, 3.63) is 72.3 Å². The molecule has 4 rings (SSSR count). The second kappa shape index (κ2) is 5.62. The van der Waals surface area contributed by atoms with Gasteiger partial charge in [-0.2, -0.15) is 9.50 Å². The van der Waals surface area contributed by atoms with Crippen LogP contribution in [0.1, 0.15) is 5.56 Å². The fourth-order valence-corrected chi connectivity index (χ4v) is 3.81. The minimum absolute atomic E-state index is 0.0461. The number of aromatic nitrogens is 3. The maximum Gasteiger partial charge on any atom is 0.291 e. The highest BCUT2D eigenvalue weighted by Crippen LogP contribution is 2.22. The lowest BCUT2D eigenvalue weighted by Crippen LogP contribution is -2.23. The minimum atomic E-state index is -0.470. The van der Waals surface area contributed by atoms with E-state index in [1.807, 2.05) is 17.5 Å². The molecule has 0 atom stereocenters. The molecule has 0 amide bonds. The van der Waals surface area contributed by atoms with Crippen molar-refractivity contribution < 1.29 is 4.92 Å². The monoisotopic (exact) mass is 356 g/mol. The molecule has 0 spiro atoms. The van der Waals surface area contributed by atoms with E-state index in [-0.39, 0.29) is 11.2 Å². The number of nitro benzene ring substituents is 1. The summed E-state index contributed by atoms with van der Waals surface area (Å²) in [6.45, 7) is 0. The lowest BCUT2D eigenvalue weighted by Gasteiger charge is -1.94. The number of benzene rings is 1. The van der Waals surface area contributed by atoms with E-state index in [2.05, 4.69) is 10.1 Å². The van der Waals surface area contributed by atoms with Crippen LogP contribution in [0.25, 0.3) is 21.7 Å². The molecule has 7 nitrogen and oxygen atoms in total. The second-order valence-corrected chi connectivity index (χ2v) is 6.80. The molecular formula is C15H8N4O3S2. The van der Waals surface area contributed by atoms with Gasteiger partial charge in [0.1, 0.15) is 0 Å². The number of thiophene rings is 1. The van der Waals surface area contributed by atoms with Crippen molar-refractivity contribution in [2.24, 2.45) is 0 Å². The SMILES string of the molecule is O=c1c(=Cc2ccccc2[N+](=O)[O-])sc2nc(-c3cccs3)nn12. The third kappa shape index (κ3) is 2.39. The quantitative estimate of drug-likeness (QED) is 0.415. The number of hydrogen-bond acceptors (Lipinski definition) is 7. The van der Waals surface area contributed by atoms with E-state index >= 15 is 0 Å². The molecule has 1 aromatic carbocycles. The van der Waals surface area contributed by atoms with Crippen LogP contribution in [0.2, 0.25) is 0 Å². The lowest BCUT2D eigenvalue weighted by atomic mass is 10.2. The second-order valence-electron chi connectivity index (χ2n) is 4.84. The molecule has 3 aromatic heterocycles. The predicted molar refractivity (Wildman–Crippen MR) is 92.3 cm³/mol. The summed E-state index contributed by atoms with van der Waals surface area (Å²) in [6.07, 6.45) is 1.51. The minimum Gasteiger partial charge on any atom is -0.266 e. The van der Waals surface area contributed by atoms with Gasteiger partial charge in [0.05, 0.1) is 19.9 Å². The Labute approximate surface area is 142 Å². The van der Waals surface area contributed by atoms with Crippen LogP contribution in [0, 0.1) is 10.1 Å². The molecule has 0 saturated carbocycles. The van der Waals surface area contributed by atoms with Crippen LogP contribution < -0.4 is 10.1 Å². The number of nitrogens with zero attached hydrogens (tertiary/aromatic N) is 4. The Morgan fingerprint density at radius 2 is 2.04 bits per heavy atom. The van der Waals surface area contributed by atoms with Crippen LogP contribution in [-0.2, 0) is 0 Å². The molecule has 0 bridgehead atoms. The van der Waals surface area contributed by atoms with E-state index in [4.69, 9.17) is 0 Å². The Morgan fingerprint density at radius 1 is 1.21 bits per heavy atom. The first-order chi connectivity index (χ1) is 11.6. The maximum atomic E-state index is 12.5. The summed E-state index contributed by atoms with van der Waals surface area (Å²) in [4.78, 5) is 28.8. The molecule has 118 valence electrons. The summed E-state index contributed by atoms with van der Waals surface area (Å²) in [5, 5.41) is 17.2. The van der Waals surface area contributed by atoms with Crippen LogP contribution in [0.5, 0.6) is 0 Å². The molecular weight excluding hydrogens is 348 g/mol. The highest BCUT2D eigenvalue weighted by Gasteiger charge is 2.14. The molecule has 0 aliphatic carbocycles. The Hall–Kier alpha value is -2.91. The summed E-state index contributed by atoms with van der Waals surface area (Å²) >= 11 is 2.65. The molecule has 0 N–H and O–H groups in total. The van der Waals surface area contributed by atoms with Gasteiger partial charge in [0, 0.05) is 6.07 Å². The van der Waals surface area contributed by atoms with E-state index in [0.29, 0.717) is 20.9 Å². The van der Waals surface area contributed by atoms with Gasteiger partial charge < -0.3 is 0 Å². The van der Waals surface area contributed by atoms with Crippen molar-refractivity contribution in [1.29, 1.82) is 0 Å².